The first kappa shape index (κ1) is 14.5. The third kappa shape index (κ3) is 4.97. The van der Waals surface area contributed by atoms with Crippen molar-refractivity contribution in [2.24, 2.45) is 0 Å². The maximum absolute atomic E-state index is 3.52. The predicted molar refractivity (Wildman–Crippen MR) is 82.3 cm³/mol. The van der Waals surface area contributed by atoms with Crippen LogP contribution in [-0.2, 0) is 6.54 Å². The molecule has 1 saturated heterocycles. The highest BCUT2D eigenvalue weighted by molar-refractivity contribution is 9.11. The normalized spacial score (nSPS) is 18.2. The van der Waals surface area contributed by atoms with E-state index in [4.69, 9.17) is 0 Å². The minimum atomic E-state index is 1.05. The summed E-state index contributed by atoms with van der Waals surface area (Å²) in [5.74, 6) is 0. The first-order valence-electron chi connectivity index (χ1n) is 6.58. The van der Waals surface area contributed by atoms with Crippen LogP contribution in [-0.4, -0.2) is 56.1 Å². The Hall–Kier alpha value is 0.0600. The van der Waals surface area contributed by atoms with Crippen molar-refractivity contribution in [3.8, 4) is 0 Å². The number of hydrogen-bond donors (Lipinski definition) is 1. The Balaban J connectivity index is 1.69. The van der Waals surface area contributed by atoms with Gasteiger partial charge in [-0.2, -0.15) is 0 Å². The Labute approximate surface area is 122 Å². The van der Waals surface area contributed by atoms with E-state index in [0.717, 1.165) is 19.6 Å². The summed E-state index contributed by atoms with van der Waals surface area (Å²) in [6, 6.07) is 2.22. The van der Waals surface area contributed by atoms with Gasteiger partial charge in [0.2, 0.25) is 0 Å². The first-order chi connectivity index (χ1) is 8.74. The Morgan fingerprint density at radius 3 is 3.11 bits per heavy atom. The third-order valence-electron chi connectivity index (χ3n) is 3.30. The Morgan fingerprint density at radius 1 is 1.44 bits per heavy atom. The van der Waals surface area contributed by atoms with Gasteiger partial charge < -0.3 is 15.1 Å². The van der Waals surface area contributed by atoms with E-state index in [1.807, 2.05) is 0 Å². The van der Waals surface area contributed by atoms with Gasteiger partial charge in [-0.15, -0.1) is 11.3 Å². The van der Waals surface area contributed by atoms with Gasteiger partial charge in [0.25, 0.3) is 0 Å². The molecule has 0 aromatic carbocycles. The van der Waals surface area contributed by atoms with Crippen molar-refractivity contribution in [2.45, 2.75) is 13.0 Å². The molecule has 1 aromatic heterocycles. The minimum Gasteiger partial charge on any atom is -0.315 e. The second-order valence-electron chi connectivity index (χ2n) is 4.94. The summed E-state index contributed by atoms with van der Waals surface area (Å²) in [7, 11) is 2.21. The molecule has 0 spiro atoms. The van der Waals surface area contributed by atoms with Gasteiger partial charge in [0.15, 0.2) is 0 Å². The van der Waals surface area contributed by atoms with Gasteiger partial charge in [0.1, 0.15) is 0 Å². The largest absolute Gasteiger partial charge is 0.315 e. The first-order valence-corrected chi connectivity index (χ1v) is 8.26. The molecule has 0 bridgehead atoms. The number of thiophene rings is 1. The minimum absolute atomic E-state index is 1.05. The van der Waals surface area contributed by atoms with E-state index >= 15 is 0 Å². The lowest BCUT2D eigenvalue weighted by atomic mass is 10.3. The van der Waals surface area contributed by atoms with Gasteiger partial charge in [0, 0.05) is 32.7 Å². The second kappa shape index (κ2) is 7.60. The van der Waals surface area contributed by atoms with Crippen LogP contribution in [0.2, 0.25) is 0 Å². The number of nitrogens with one attached hydrogen (secondary N) is 1. The molecule has 18 heavy (non-hydrogen) atoms. The van der Waals surface area contributed by atoms with Gasteiger partial charge in [-0.3, -0.25) is 0 Å². The van der Waals surface area contributed by atoms with Gasteiger partial charge in [0.05, 0.1) is 3.79 Å². The summed E-state index contributed by atoms with van der Waals surface area (Å²) in [4.78, 5) is 4.98. The molecule has 0 saturated carbocycles. The highest BCUT2D eigenvalue weighted by Gasteiger charge is 2.09. The average Bonchev–Trinajstić information content (AvgIpc) is 2.62. The Morgan fingerprint density at radius 2 is 2.33 bits per heavy atom. The Bertz CT molecular complexity index is 348. The van der Waals surface area contributed by atoms with Gasteiger partial charge >= 0.3 is 0 Å². The van der Waals surface area contributed by atoms with Crippen LogP contribution in [0.25, 0.3) is 0 Å². The van der Waals surface area contributed by atoms with Gasteiger partial charge in [-0.1, -0.05) is 0 Å². The molecule has 1 aromatic rings. The fourth-order valence-electron chi connectivity index (χ4n) is 2.26. The van der Waals surface area contributed by atoms with Crippen LogP contribution in [0.5, 0.6) is 0 Å². The summed E-state index contributed by atoms with van der Waals surface area (Å²) >= 11 is 5.28. The number of likely N-dealkylation sites (N-methyl/N-ethyl adjacent to an activating group) is 1. The quantitative estimate of drug-likeness (QED) is 0.892. The second-order valence-corrected chi connectivity index (χ2v) is 7.23. The molecule has 0 aliphatic carbocycles. The lowest BCUT2D eigenvalue weighted by Gasteiger charge is -2.23. The van der Waals surface area contributed by atoms with Crippen LogP contribution in [0.3, 0.4) is 0 Å². The molecule has 0 atom stereocenters. The zero-order chi connectivity index (χ0) is 12.8. The van der Waals surface area contributed by atoms with E-state index in [9.17, 15) is 0 Å². The fraction of sp³-hybridized carbons (Fsp3) is 0.692. The van der Waals surface area contributed by atoms with E-state index < -0.39 is 0 Å². The molecule has 3 nitrogen and oxygen atoms in total. The molecule has 1 N–H and O–H groups in total. The molecule has 2 heterocycles. The standard InChI is InChI=1S/C13H22BrN3S/c1-16(10-12-9-13(14)18-11-12)7-8-17-5-2-3-15-4-6-17/h9,11,15H,2-8,10H2,1H3. The van der Waals surface area contributed by atoms with E-state index in [1.165, 1.54) is 41.9 Å². The molecule has 0 radical (unpaired) electrons. The summed E-state index contributed by atoms with van der Waals surface area (Å²) in [5.41, 5.74) is 1.41. The monoisotopic (exact) mass is 331 g/mol. The van der Waals surface area contributed by atoms with Crippen molar-refractivity contribution < 1.29 is 0 Å². The highest BCUT2D eigenvalue weighted by Crippen LogP contribution is 2.21. The smallest absolute Gasteiger partial charge is 0.0701 e. The van der Waals surface area contributed by atoms with Crippen molar-refractivity contribution in [1.82, 2.24) is 15.1 Å². The predicted octanol–water partition coefficient (Wildman–Crippen LogP) is 2.24. The van der Waals surface area contributed by atoms with Crippen LogP contribution in [0.4, 0.5) is 0 Å². The molecule has 102 valence electrons. The molecule has 5 heteroatoms. The Kier molecular flexibility index (Phi) is 6.11. The molecular weight excluding hydrogens is 310 g/mol. The van der Waals surface area contributed by atoms with Gasteiger partial charge in [-0.05, 0) is 59.5 Å². The maximum Gasteiger partial charge on any atom is 0.0701 e. The van der Waals surface area contributed by atoms with Crippen LogP contribution in [0, 0.1) is 0 Å². The SMILES string of the molecule is CN(CCN1CCCNCC1)Cc1csc(Br)c1. The topological polar surface area (TPSA) is 18.5 Å². The van der Waals surface area contributed by atoms with Crippen molar-refractivity contribution in [3.05, 3.63) is 20.8 Å². The van der Waals surface area contributed by atoms with E-state index in [1.54, 1.807) is 11.3 Å². The van der Waals surface area contributed by atoms with Crippen LogP contribution >= 0.6 is 27.3 Å². The number of halogens is 1. The molecule has 0 amide bonds. The fourth-order valence-corrected chi connectivity index (χ4v) is 3.46. The van der Waals surface area contributed by atoms with Crippen molar-refractivity contribution in [3.63, 3.8) is 0 Å². The maximum atomic E-state index is 3.52. The van der Waals surface area contributed by atoms with Crippen molar-refractivity contribution >= 4 is 27.3 Å². The molecule has 1 aliphatic heterocycles. The zero-order valence-corrected chi connectivity index (χ0v) is 13.4. The van der Waals surface area contributed by atoms with Gasteiger partial charge in [-0.25, -0.2) is 0 Å². The summed E-state index contributed by atoms with van der Waals surface area (Å²) < 4.78 is 1.23. The van der Waals surface area contributed by atoms with Crippen molar-refractivity contribution in [1.29, 1.82) is 0 Å². The lowest BCUT2D eigenvalue weighted by molar-refractivity contribution is 0.231. The number of nitrogens with zero attached hydrogens (tertiary/aromatic N) is 2. The molecule has 0 unspecified atom stereocenters. The molecular formula is C13H22BrN3S. The molecule has 2 rings (SSSR count). The summed E-state index contributed by atoms with van der Waals surface area (Å²) in [6.07, 6.45) is 1.28. The van der Waals surface area contributed by atoms with E-state index in [2.05, 4.69) is 49.5 Å². The lowest BCUT2D eigenvalue weighted by Crippen LogP contribution is -2.35. The highest BCUT2D eigenvalue weighted by atomic mass is 79.9. The number of rotatable bonds is 5. The van der Waals surface area contributed by atoms with E-state index in [-0.39, 0.29) is 0 Å². The van der Waals surface area contributed by atoms with Crippen LogP contribution in [0.15, 0.2) is 15.2 Å². The third-order valence-corrected chi connectivity index (χ3v) is 4.86. The molecule has 1 fully saturated rings. The number of hydrogen-bond acceptors (Lipinski definition) is 4. The van der Waals surface area contributed by atoms with Crippen LogP contribution in [0.1, 0.15) is 12.0 Å². The zero-order valence-electron chi connectivity index (χ0n) is 11.0. The van der Waals surface area contributed by atoms with E-state index in [0.29, 0.717) is 0 Å². The molecule has 1 aliphatic rings. The van der Waals surface area contributed by atoms with Crippen molar-refractivity contribution in [2.75, 3.05) is 46.3 Å². The summed E-state index contributed by atoms with van der Waals surface area (Å²) in [6.45, 7) is 8.13. The average molecular weight is 332 g/mol. The van der Waals surface area contributed by atoms with Crippen LogP contribution < -0.4 is 5.32 Å². The summed E-state index contributed by atoms with van der Waals surface area (Å²) in [5, 5.41) is 5.68.